The average molecular weight is 346 g/mol. The molecule has 134 valence electrons. The van der Waals surface area contributed by atoms with E-state index >= 15 is 0 Å². The van der Waals surface area contributed by atoms with Crippen molar-refractivity contribution in [1.29, 1.82) is 0 Å². The molecule has 3 aromatic rings. The Morgan fingerprint density at radius 2 is 1.65 bits per heavy atom. The largest absolute Gasteiger partial charge is 0.343 e. The van der Waals surface area contributed by atoms with E-state index in [1.54, 1.807) is 0 Å². The van der Waals surface area contributed by atoms with Crippen LogP contribution in [0.3, 0.4) is 0 Å². The van der Waals surface area contributed by atoms with Gasteiger partial charge in [-0.2, -0.15) is 0 Å². The second kappa shape index (κ2) is 8.13. The average Bonchev–Trinajstić information content (AvgIpc) is 2.69. The summed E-state index contributed by atoms with van der Waals surface area (Å²) in [6.07, 6.45) is 0.720. The van der Waals surface area contributed by atoms with Gasteiger partial charge in [-0.15, -0.1) is 0 Å². The van der Waals surface area contributed by atoms with Crippen molar-refractivity contribution in [2.45, 2.75) is 27.2 Å². The zero-order valence-electron chi connectivity index (χ0n) is 15.8. The van der Waals surface area contributed by atoms with Gasteiger partial charge < -0.3 is 4.90 Å². The lowest BCUT2D eigenvalue weighted by Crippen LogP contribution is -2.35. The number of aromatic nitrogens is 1. The standard InChI is InChI=1S/C23H26N2O/c1-4-25(5-2)23(26)17(3)15-19-16-22(18-11-7-6-8-12-18)24-21-14-10-9-13-20(19)21/h6-14,16-17H,4-5,15H2,1-3H3/t17-/m1/s1. The van der Waals surface area contributed by atoms with Crippen molar-refractivity contribution in [3.8, 4) is 11.3 Å². The molecule has 26 heavy (non-hydrogen) atoms. The number of nitrogens with zero attached hydrogens (tertiary/aromatic N) is 2. The van der Waals surface area contributed by atoms with E-state index in [0.29, 0.717) is 0 Å². The molecule has 3 rings (SSSR count). The molecule has 0 spiro atoms. The molecule has 0 fully saturated rings. The molecular formula is C23H26N2O. The highest BCUT2D eigenvalue weighted by Gasteiger charge is 2.20. The number of hydrogen-bond acceptors (Lipinski definition) is 2. The Morgan fingerprint density at radius 1 is 1.00 bits per heavy atom. The lowest BCUT2D eigenvalue weighted by molar-refractivity contribution is -0.134. The first kappa shape index (κ1) is 18.1. The molecule has 0 aliphatic heterocycles. The number of para-hydroxylation sites is 1. The molecule has 1 amide bonds. The smallest absolute Gasteiger partial charge is 0.225 e. The van der Waals surface area contributed by atoms with Crippen molar-refractivity contribution >= 4 is 16.8 Å². The summed E-state index contributed by atoms with van der Waals surface area (Å²) in [5.74, 6) is 0.168. The molecule has 3 heteroatoms. The molecule has 1 atom stereocenters. The molecule has 0 bridgehead atoms. The predicted octanol–water partition coefficient (Wildman–Crippen LogP) is 4.95. The molecule has 0 aliphatic carbocycles. The Kier molecular flexibility index (Phi) is 5.67. The van der Waals surface area contributed by atoms with E-state index in [9.17, 15) is 4.79 Å². The maximum Gasteiger partial charge on any atom is 0.225 e. The summed E-state index contributed by atoms with van der Waals surface area (Å²) in [6, 6.07) is 20.5. The van der Waals surface area contributed by atoms with Crippen LogP contribution in [0.4, 0.5) is 0 Å². The molecule has 0 unspecified atom stereocenters. The van der Waals surface area contributed by atoms with Gasteiger partial charge in [-0.1, -0.05) is 55.5 Å². The topological polar surface area (TPSA) is 33.2 Å². The van der Waals surface area contributed by atoms with Crippen LogP contribution >= 0.6 is 0 Å². The molecule has 1 aromatic heterocycles. The van der Waals surface area contributed by atoms with Gasteiger partial charge in [0.2, 0.25) is 5.91 Å². The number of pyridine rings is 1. The van der Waals surface area contributed by atoms with E-state index in [4.69, 9.17) is 4.98 Å². The van der Waals surface area contributed by atoms with Crippen molar-refractivity contribution in [3.63, 3.8) is 0 Å². The Labute approximate surface area is 155 Å². The Bertz CT molecular complexity index is 885. The SMILES string of the molecule is CCN(CC)C(=O)[C@H](C)Cc1cc(-c2ccccc2)nc2ccccc12. The van der Waals surface area contributed by atoms with Crippen LogP contribution in [0.25, 0.3) is 22.2 Å². The zero-order valence-corrected chi connectivity index (χ0v) is 15.8. The summed E-state index contributed by atoms with van der Waals surface area (Å²) in [6.45, 7) is 7.60. The third-order valence-corrected chi connectivity index (χ3v) is 4.89. The number of carbonyl (C=O) groups is 1. The molecule has 0 saturated heterocycles. The second-order valence-electron chi connectivity index (χ2n) is 6.67. The van der Waals surface area contributed by atoms with Crippen LogP contribution in [0.1, 0.15) is 26.3 Å². The number of amides is 1. The van der Waals surface area contributed by atoms with E-state index < -0.39 is 0 Å². The fourth-order valence-corrected chi connectivity index (χ4v) is 3.44. The van der Waals surface area contributed by atoms with Crippen molar-refractivity contribution < 1.29 is 4.79 Å². The summed E-state index contributed by atoms with van der Waals surface area (Å²) in [5, 5.41) is 1.13. The van der Waals surface area contributed by atoms with Crippen LogP contribution in [0, 0.1) is 5.92 Å². The van der Waals surface area contributed by atoms with E-state index in [1.807, 2.05) is 62.1 Å². The summed E-state index contributed by atoms with van der Waals surface area (Å²) in [7, 11) is 0. The highest BCUT2D eigenvalue weighted by molar-refractivity contribution is 5.86. The van der Waals surface area contributed by atoms with Gasteiger partial charge in [-0.25, -0.2) is 4.98 Å². The van der Waals surface area contributed by atoms with Crippen LogP contribution in [-0.4, -0.2) is 28.9 Å². The number of hydrogen-bond donors (Lipinski definition) is 0. The number of benzene rings is 2. The van der Waals surface area contributed by atoms with E-state index in [0.717, 1.165) is 41.7 Å². The first-order valence-electron chi connectivity index (χ1n) is 9.36. The lowest BCUT2D eigenvalue weighted by atomic mass is 9.95. The summed E-state index contributed by atoms with van der Waals surface area (Å²) in [5.41, 5.74) is 4.22. The molecule has 0 radical (unpaired) electrons. The van der Waals surface area contributed by atoms with Gasteiger partial charge in [0.15, 0.2) is 0 Å². The van der Waals surface area contributed by atoms with Gasteiger partial charge >= 0.3 is 0 Å². The van der Waals surface area contributed by atoms with Crippen LogP contribution < -0.4 is 0 Å². The number of fused-ring (bicyclic) bond motifs is 1. The maximum atomic E-state index is 12.7. The molecule has 0 aliphatic rings. The third-order valence-electron chi connectivity index (χ3n) is 4.89. The Balaban J connectivity index is 2.00. The molecule has 0 saturated carbocycles. The lowest BCUT2D eigenvalue weighted by Gasteiger charge is -2.23. The van der Waals surface area contributed by atoms with Gasteiger partial charge in [0.25, 0.3) is 0 Å². The van der Waals surface area contributed by atoms with Crippen LogP contribution in [0.5, 0.6) is 0 Å². The van der Waals surface area contributed by atoms with E-state index in [-0.39, 0.29) is 11.8 Å². The number of carbonyl (C=O) groups excluding carboxylic acids is 1. The molecular weight excluding hydrogens is 320 g/mol. The van der Waals surface area contributed by atoms with Crippen LogP contribution in [-0.2, 0) is 11.2 Å². The second-order valence-corrected chi connectivity index (χ2v) is 6.67. The van der Waals surface area contributed by atoms with Gasteiger partial charge in [-0.3, -0.25) is 4.79 Å². The summed E-state index contributed by atoms with van der Waals surface area (Å²) >= 11 is 0. The van der Waals surface area contributed by atoms with E-state index in [2.05, 4.69) is 24.3 Å². The molecule has 3 nitrogen and oxygen atoms in total. The highest BCUT2D eigenvalue weighted by Crippen LogP contribution is 2.27. The minimum absolute atomic E-state index is 0.0515. The van der Waals surface area contributed by atoms with Crippen LogP contribution in [0.15, 0.2) is 60.7 Å². The quantitative estimate of drug-likeness (QED) is 0.633. The van der Waals surface area contributed by atoms with Crippen LogP contribution in [0.2, 0.25) is 0 Å². The fraction of sp³-hybridized carbons (Fsp3) is 0.304. The summed E-state index contributed by atoms with van der Waals surface area (Å²) in [4.78, 5) is 19.5. The van der Waals surface area contributed by atoms with Crippen molar-refractivity contribution in [2.24, 2.45) is 5.92 Å². The molecule has 1 heterocycles. The molecule has 2 aromatic carbocycles. The predicted molar refractivity (Wildman–Crippen MR) is 108 cm³/mol. The fourth-order valence-electron chi connectivity index (χ4n) is 3.44. The minimum atomic E-state index is -0.0515. The Morgan fingerprint density at radius 3 is 2.35 bits per heavy atom. The molecule has 0 N–H and O–H groups in total. The van der Waals surface area contributed by atoms with Crippen molar-refractivity contribution in [2.75, 3.05) is 13.1 Å². The normalized spacial score (nSPS) is 12.1. The summed E-state index contributed by atoms with van der Waals surface area (Å²) < 4.78 is 0. The minimum Gasteiger partial charge on any atom is -0.343 e. The van der Waals surface area contributed by atoms with Crippen molar-refractivity contribution in [1.82, 2.24) is 9.88 Å². The van der Waals surface area contributed by atoms with Gasteiger partial charge in [-0.05, 0) is 38.0 Å². The zero-order chi connectivity index (χ0) is 18.5. The monoisotopic (exact) mass is 346 g/mol. The van der Waals surface area contributed by atoms with Gasteiger partial charge in [0.1, 0.15) is 0 Å². The third kappa shape index (κ3) is 3.77. The maximum absolute atomic E-state index is 12.7. The first-order valence-corrected chi connectivity index (χ1v) is 9.36. The highest BCUT2D eigenvalue weighted by atomic mass is 16.2. The van der Waals surface area contributed by atoms with Gasteiger partial charge in [0, 0.05) is 30.0 Å². The van der Waals surface area contributed by atoms with Crippen molar-refractivity contribution in [3.05, 3.63) is 66.2 Å². The van der Waals surface area contributed by atoms with E-state index in [1.165, 1.54) is 5.56 Å². The number of rotatable bonds is 6. The first-order chi connectivity index (χ1) is 12.6. The Hall–Kier alpha value is -2.68. The van der Waals surface area contributed by atoms with Gasteiger partial charge in [0.05, 0.1) is 11.2 Å².